The van der Waals surface area contributed by atoms with Crippen LogP contribution in [0.4, 0.5) is 11.6 Å². The highest BCUT2D eigenvalue weighted by atomic mass is 16.5. The van der Waals surface area contributed by atoms with Crippen LogP contribution >= 0.6 is 0 Å². The van der Waals surface area contributed by atoms with Gasteiger partial charge in [0.2, 0.25) is 0 Å². The van der Waals surface area contributed by atoms with Gasteiger partial charge in [0.25, 0.3) is 0 Å². The Hall–Kier alpha value is -4.24. The van der Waals surface area contributed by atoms with E-state index in [0.717, 1.165) is 60.3 Å². The van der Waals surface area contributed by atoms with Crippen molar-refractivity contribution in [2.24, 2.45) is 0 Å². The van der Waals surface area contributed by atoms with Gasteiger partial charge in [-0.3, -0.25) is 0 Å². The number of anilines is 2. The first-order chi connectivity index (χ1) is 18.2. The Morgan fingerprint density at radius 3 is 2.76 bits per heavy atom. The number of rotatable bonds is 4. The number of morpholine rings is 1. The predicted molar refractivity (Wildman–Crippen MR) is 141 cm³/mol. The number of nitrogens with one attached hydrogen (secondary N) is 1. The molecule has 2 aliphatic heterocycles. The predicted octanol–water partition coefficient (Wildman–Crippen LogP) is 3.89. The molecule has 1 aromatic carbocycles. The van der Waals surface area contributed by atoms with Gasteiger partial charge >= 0.3 is 0 Å². The van der Waals surface area contributed by atoms with Crippen LogP contribution in [0.25, 0.3) is 5.52 Å². The maximum absolute atomic E-state index is 6.09. The van der Waals surface area contributed by atoms with Crippen LogP contribution in [-0.2, 0) is 11.2 Å². The molecule has 0 spiro atoms. The van der Waals surface area contributed by atoms with Crippen LogP contribution in [0, 0.1) is 6.92 Å². The van der Waals surface area contributed by atoms with E-state index < -0.39 is 0 Å². The average Bonchev–Trinajstić information content (AvgIpc) is 3.61. The van der Waals surface area contributed by atoms with Gasteiger partial charge in [0.15, 0.2) is 0 Å². The number of nitrogens with zero attached hydrogens (tertiary/aromatic N) is 7. The zero-order chi connectivity index (χ0) is 24.8. The van der Waals surface area contributed by atoms with Crippen LogP contribution in [0.2, 0.25) is 0 Å². The topological polar surface area (TPSA) is 87.5 Å². The van der Waals surface area contributed by atoms with Crippen molar-refractivity contribution in [1.29, 1.82) is 0 Å². The number of aryl methyl sites for hydroxylation is 1. The van der Waals surface area contributed by atoms with E-state index >= 15 is 0 Å². The van der Waals surface area contributed by atoms with E-state index in [9.17, 15) is 0 Å². The summed E-state index contributed by atoms with van der Waals surface area (Å²) >= 11 is 0. The van der Waals surface area contributed by atoms with Gasteiger partial charge in [0.1, 0.15) is 30.1 Å². The second kappa shape index (κ2) is 9.01. The molecule has 4 aromatic heterocycles. The molecule has 2 atom stereocenters. The van der Waals surface area contributed by atoms with Crippen molar-refractivity contribution >= 4 is 17.2 Å². The van der Waals surface area contributed by atoms with Crippen LogP contribution in [-0.4, -0.2) is 55.8 Å². The summed E-state index contributed by atoms with van der Waals surface area (Å²) in [5.74, 6) is 1.78. The van der Waals surface area contributed by atoms with Gasteiger partial charge in [-0.15, -0.1) is 0 Å². The largest absolute Gasteiger partial charge is 0.370 e. The second-order valence-corrected chi connectivity index (χ2v) is 9.65. The second-order valence-electron chi connectivity index (χ2n) is 9.65. The Morgan fingerprint density at radius 1 is 0.973 bits per heavy atom. The van der Waals surface area contributed by atoms with E-state index in [-0.39, 0.29) is 12.1 Å². The first-order valence-electron chi connectivity index (χ1n) is 12.7. The Labute approximate surface area is 214 Å². The molecule has 0 unspecified atom stereocenters. The molecule has 7 rings (SSSR count). The van der Waals surface area contributed by atoms with Gasteiger partial charge in [-0.25, -0.2) is 19.5 Å². The first-order valence-corrected chi connectivity index (χ1v) is 12.7. The molecule has 1 N–H and O–H groups in total. The van der Waals surface area contributed by atoms with Crippen molar-refractivity contribution < 1.29 is 4.74 Å². The number of aromatic nitrogens is 6. The van der Waals surface area contributed by atoms with Crippen molar-refractivity contribution in [3.8, 4) is 0 Å². The molecule has 0 aliphatic carbocycles. The molecule has 6 heterocycles. The van der Waals surface area contributed by atoms with Crippen LogP contribution in [0.1, 0.15) is 40.4 Å². The summed E-state index contributed by atoms with van der Waals surface area (Å²) in [5, 5.41) is 4.96. The molecule has 37 heavy (non-hydrogen) atoms. The fraction of sp³-hybridized carbons (Fsp3) is 0.286. The number of fused-ring (bicyclic) bond motifs is 2. The Balaban J connectivity index is 1.24. The Kier molecular flexibility index (Phi) is 5.35. The minimum absolute atomic E-state index is 0.0175. The molecule has 5 aromatic rings. The fourth-order valence-electron chi connectivity index (χ4n) is 5.53. The lowest BCUT2D eigenvalue weighted by atomic mass is 9.99. The number of ether oxygens (including phenoxy) is 1. The third-order valence-corrected chi connectivity index (χ3v) is 7.43. The molecule has 186 valence electrons. The van der Waals surface area contributed by atoms with Gasteiger partial charge in [0.05, 0.1) is 29.8 Å². The molecular formula is C28H28N8O. The summed E-state index contributed by atoms with van der Waals surface area (Å²) < 4.78 is 8.04. The first kappa shape index (κ1) is 22.0. The van der Waals surface area contributed by atoms with E-state index in [1.54, 1.807) is 12.7 Å². The average molecular weight is 493 g/mol. The number of benzene rings is 1. The van der Waals surface area contributed by atoms with Crippen LogP contribution in [0.5, 0.6) is 0 Å². The highest BCUT2D eigenvalue weighted by Gasteiger charge is 2.34. The third-order valence-electron chi connectivity index (χ3n) is 7.43. The van der Waals surface area contributed by atoms with Crippen molar-refractivity contribution in [2.45, 2.75) is 25.5 Å². The van der Waals surface area contributed by atoms with Crippen molar-refractivity contribution in [3.63, 3.8) is 0 Å². The number of hydrogen-bond acceptors (Lipinski definition) is 7. The number of H-pyrrole nitrogens is 1. The summed E-state index contributed by atoms with van der Waals surface area (Å²) in [7, 11) is 0. The Bertz CT molecular complexity index is 1540. The summed E-state index contributed by atoms with van der Waals surface area (Å²) in [4.78, 5) is 22.0. The lowest BCUT2D eigenvalue weighted by molar-refractivity contribution is 0.0395. The van der Waals surface area contributed by atoms with Gasteiger partial charge in [-0.1, -0.05) is 36.4 Å². The van der Waals surface area contributed by atoms with E-state index in [0.29, 0.717) is 6.61 Å². The number of hydrogen-bond donors (Lipinski definition) is 1. The molecule has 0 radical (unpaired) electrons. The standard InChI is InChI=1S/C28H28N8O/c1-19-6-5-10-36-23(19)14-22(33-36)28-27-21(29-17-32-27)9-11-35(28)26-15-25(30-18-31-26)34-12-13-37-24(16-34)20-7-3-2-4-8-20/h2-8,10,14-15,17-18,24,28H,9,11-13,16H2,1H3,(H,29,32)/t24-,28+/m1/s1. The normalized spacial score (nSPS) is 19.8. The smallest absolute Gasteiger partial charge is 0.134 e. The minimum atomic E-state index is -0.140. The van der Waals surface area contributed by atoms with Gasteiger partial charge in [-0.05, 0) is 30.2 Å². The minimum Gasteiger partial charge on any atom is -0.370 e. The maximum atomic E-state index is 6.09. The molecular weight excluding hydrogens is 464 g/mol. The lowest BCUT2D eigenvalue weighted by Crippen LogP contribution is -2.40. The van der Waals surface area contributed by atoms with E-state index in [1.807, 2.05) is 22.8 Å². The zero-order valence-electron chi connectivity index (χ0n) is 20.7. The zero-order valence-corrected chi connectivity index (χ0v) is 20.7. The summed E-state index contributed by atoms with van der Waals surface area (Å²) in [5.41, 5.74) is 6.59. The molecule has 1 saturated heterocycles. The summed E-state index contributed by atoms with van der Waals surface area (Å²) in [6, 6.07) is 18.7. The monoisotopic (exact) mass is 492 g/mol. The van der Waals surface area contributed by atoms with Crippen molar-refractivity contribution in [3.05, 3.63) is 102 Å². The fourth-order valence-corrected chi connectivity index (χ4v) is 5.53. The SMILES string of the molecule is Cc1cccn2nc([C@H]3c4nc[nH]c4CCN3c3cc(N4CCO[C@@H](c5ccccc5)C4)ncn3)cc12. The summed E-state index contributed by atoms with van der Waals surface area (Å²) in [6.07, 6.45) is 6.33. The van der Waals surface area contributed by atoms with Crippen LogP contribution < -0.4 is 9.80 Å². The number of pyridine rings is 1. The third kappa shape index (κ3) is 3.92. The van der Waals surface area contributed by atoms with E-state index in [4.69, 9.17) is 19.8 Å². The van der Waals surface area contributed by atoms with E-state index in [2.05, 4.69) is 69.2 Å². The van der Waals surface area contributed by atoms with Crippen LogP contribution in [0.15, 0.2) is 73.4 Å². The Morgan fingerprint density at radius 2 is 1.86 bits per heavy atom. The number of imidazole rings is 1. The highest BCUT2D eigenvalue weighted by molar-refractivity contribution is 5.59. The molecule has 0 bridgehead atoms. The molecule has 9 nitrogen and oxygen atoms in total. The number of aromatic amines is 1. The molecule has 0 saturated carbocycles. The van der Waals surface area contributed by atoms with E-state index in [1.165, 1.54) is 11.1 Å². The molecule has 0 amide bonds. The molecule has 9 heteroatoms. The highest BCUT2D eigenvalue weighted by Crippen LogP contribution is 2.37. The van der Waals surface area contributed by atoms with Crippen LogP contribution in [0.3, 0.4) is 0 Å². The lowest BCUT2D eigenvalue weighted by Gasteiger charge is -2.36. The van der Waals surface area contributed by atoms with Gasteiger partial charge in [-0.2, -0.15) is 5.10 Å². The van der Waals surface area contributed by atoms with Gasteiger partial charge < -0.3 is 19.5 Å². The van der Waals surface area contributed by atoms with Crippen molar-refractivity contribution in [2.75, 3.05) is 36.0 Å². The van der Waals surface area contributed by atoms with Crippen molar-refractivity contribution in [1.82, 2.24) is 29.5 Å². The van der Waals surface area contributed by atoms with Gasteiger partial charge in [0, 0.05) is 44.0 Å². The maximum Gasteiger partial charge on any atom is 0.134 e. The molecule has 2 aliphatic rings. The summed E-state index contributed by atoms with van der Waals surface area (Å²) in [6.45, 7) is 5.11. The molecule has 1 fully saturated rings. The quantitative estimate of drug-likeness (QED) is 0.407.